The van der Waals surface area contributed by atoms with Crippen LogP contribution in [0.2, 0.25) is 0 Å². The maximum Gasteiger partial charge on any atom is 0.260 e. The van der Waals surface area contributed by atoms with E-state index in [0.717, 1.165) is 25.4 Å². The van der Waals surface area contributed by atoms with Crippen LogP contribution in [0.5, 0.6) is 5.75 Å². The molecule has 0 radical (unpaired) electrons. The van der Waals surface area contributed by atoms with Crippen molar-refractivity contribution in [1.29, 1.82) is 0 Å². The molecule has 0 aromatic heterocycles. The standard InChI is InChI=1S/C17H26N2O2/c1-13-11-19(10-9-18-13)16(20)12-21-15-7-5-14(6-8-15)17(2,3)4/h5-8,13,18H,9-12H2,1-4H3. The van der Waals surface area contributed by atoms with Gasteiger partial charge in [0.1, 0.15) is 5.75 Å². The first kappa shape index (κ1) is 15.8. The third-order valence-electron chi connectivity index (χ3n) is 3.80. The normalized spacial score (nSPS) is 19.4. The number of amides is 1. The number of benzene rings is 1. The minimum atomic E-state index is 0.0586. The first-order valence-corrected chi connectivity index (χ1v) is 7.61. The lowest BCUT2D eigenvalue weighted by atomic mass is 9.87. The fourth-order valence-electron chi connectivity index (χ4n) is 2.45. The van der Waals surface area contributed by atoms with Gasteiger partial charge in [-0.2, -0.15) is 0 Å². The summed E-state index contributed by atoms with van der Waals surface area (Å²) in [5.74, 6) is 0.808. The van der Waals surface area contributed by atoms with E-state index < -0.39 is 0 Å². The van der Waals surface area contributed by atoms with E-state index in [9.17, 15) is 4.79 Å². The molecule has 1 aromatic carbocycles. The molecule has 0 bridgehead atoms. The Hall–Kier alpha value is -1.55. The predicted molar refractivity (Wildman–Crippen MR) is 84.7 cm³/mol. The van der Waals surface area contributed by atoms with Crippen molar-refractivity contribution in [2.45, 2.75) is 39.2 Å². The summed E-state index contributed by atoms with van der Waals surface area (Å²) in [6.07, 6.45) is 0. The van der Waals surface area contributed by atoms with Crippen LogP contribution >= 0.6 is 0 Å². The molecule has 1 aliphatic rings. The summed E-state index contributed by atoms with van der Waals surface area (Å²) in [5, 5.41) is 3.33. The third kappa shape index (κ3) is 4.46. The van der Waals surface area contributed by atoms with E-state index in [1.165, 1.54) is 5.56 Å². The SMILES string of the molecule is CC1CN(C(=O)COc2ccc(C(C)(C)C)cc2)CCN1. The van der Waals surface area contributed by atoms with Crippen molar-refractivity contribution in [3.8, 4) is 5.75 Å². The molecule has 116 valence electrons. The zero-order chi connectivity index (χ0) is 15.5. The van der Waals surface area contributed by atoms with Crippen molar-refractivity contribution in [2.24, 2.45) is 0 Å². The number of piperazine rings is 1. The van der Waals surface area contributed by atoms with Crippen molar-refractivity contribution in [3.63, 3.8) is 0 Å². The Balaban J connectivity index is 1.86. The first-order valence-electron chi connectivity index (χ1n) is 7.61. The second-order valence-corrected chi connectivity index (χ2v) is 6.76. The Morgan fingerprint density at radius 1 is 1.33 bits per heavy atom. The largest absolute Gasteiger partial charge is 0.484 e. The van der Waals surface area contributed by atoms with Gasteiger partial charge in [-0.25, -0.2) is 0 Å². The van der Waals surface area contributed by atoms with Crippen LogP contribution in [0.25, 0.3) is 0 Å². The van der Waals surface area contributed by atoms with Gasteiger partial charge in [0.15, 0.2) is 6.61 Å². The van der Waals surface area contributed by atoms with Gasteiger partial charge in [0, 0.05) is 25.7 Å². The van der Waals surface area contributed by atoms with Gasteiger partial charge in [-0.05, 0) is 30.0 Å². The molecule has 0 aliphatic carbocycles. The summed E-state index contributed by atoms with van der Waals surface area (Å²) < 4.78 is 5.61. The molecule has 1 unspecified atom stereocenters. The second kappa shape index (κ2) is 6.48. The van der Waals surface area contributed by atoms with Crippen LogP contribution in [0, 0.1) is 0 Å². The summed E-state index contributed by atoms with van der Waals surface area (Å²) in [5.41, 5.74) is 1.39. The van der Waals surface area contributed by atoms with Crippen LogP contribution in [-0.4, -0.2) is 43.1 Å². The van der Waals surface area contributed by atoms with Crippen LogP contribution in [0.4, 0.5) is 0 Å². The highest BCUT2D eigenvalue weighted by Gasteiger charge is 2.20. The quantitative estimate of drug-likeness (QED) is 0.928. The molecule has 1 atom stereocenters. The van der Waals surface area contributed by atoms with Gasteiger partial charge in [-0.1, -0.05) is 32.9 Å². The van der Waals surface area contributed by atoms with Crippen molar-refractivity contribution in [1.82, 2.24) is 10.2 Å². The van der Waals surface area contributed by atoms with Crippen LogP contribution in [-0.2, 0) is 10.2 Å². The molecule has 1 N–H and O–H groups in total. The highest BCUT2D eigenvalue weighted by Crippen LogP contribution is 2.24. The number of carbonyl (C=O) groups excluding carboxylic acids is 1. The van der Waals surface area contributed by atoms with Gasteiger partial charge < -0.3 is 15.0 Å². The van der Waals surface area contributed by atoms with Gasteiger partial charge in [-0.15, -0.1) is 0 Å². The molecule has 0 spiro atoms. The summed E-state index contributed by atoms with van der Waals surface area (Å²) in [7, 11) is 0. The number of rotatable bonds is 3. The molecule has 1 aliphatic heterocycles. The number of ether oxygens (including phenoxy) is 1. The van der Waals surface area contributed by atoms with Gasteiger partial charge in [-0.3, -0.25) is 4.79 Å². The van der Waals surface area contributed by atoms with E-state index in [0.29, 0.717) is 6.04 Å². The maximum absolute atomic E-state index is 12.1. The number of hydrogen-bond donors (Lipinski definition) is 1. The molecule has 4 heteroatoms. The molecular weight excluding hydrogens is 264 g/mol. The number of hydrogen-bond acceptors (Lipinski definition) is 3. The third-order valence-corrected chi connectivity index (χ3v) is 3.80. The van der Waals surface area contributed by atoms with Crippen molar-refractivity contribution < 1.29 is 9.53 Å². The Morgan fingerprint density at radius 2 is 2.00 bits per heavy atom. The van der Waals surface area contributed by atoms with Gasteiger partial charge in [0.05, 0.1) is 0 Å². The molecule has 1 amide bonds. The van der Waals surface area contributed by atoms with E-state index in [4.69, 9.17) is 4.74 Å². The van der Waals surface area contributed by atoms with Gasteiger partial charge in [0.2, 0.25) is 0 Å². The predicted octanol–water partition coefficient (Wildman–Crippen LogP) is 2.18. The second-order valence-electron chi connectivity index (χ2n) is 6.76. The molecule has 0 saturated carbocycles. The first-order chi connectivity index (χ1) is 9.86. The molecule has 1 saturated heterocycles. The van der Waals surface area contributed by atoms with E-state index in [-0.39, 0.29) is 17.9 Å². The average molecular weight is 290 g/mol. The molecule has 1 fully saturated rings. The van der Waals surface area contributed by atoms with Crippen molar-refractivity contribution in [3.05, 3.63) is 29.8 Å². The number of nitrogens with zero attached hydrogens (tertiary/aromatic N) is 1. The minimum absolute atomic E-state index is 0.0586. The van der Waals surface area contributed by atoms with Crippen LogP contribution in [0.15, 0.2) is 24.3 Å². The summed E-state index contributed by atoms with van der Waals surface area (Å²) in [6, 6.07) is 8.36. The van der Waals surface area contributed by atoms with Gasteiger partial charge in [0.25, 0.3) is 5.91 Å². The lowest BCUT2D eigenvalue weighted by Crippen LogP contribution is -2.52. The minimum Gasteiger partial charge on any atom is -0.484 e. The van der Waals surface area contributed by atoms with Crippen molar-refractivity contribution in [2.75, 3.05) is 26.2 Å². The Kier molecular flexibility index (Phi) is 4.88. The summed E-state index contributed by atoms with van der Waals surface area (Å²) in [4.78, 5) is 14.0. The van der Waals surface area contributed by atoms with Gasteiger partial charge >= 0.3 is 0 Å². The molecular formula is C17H26N2O2. The smallest absolute Gasteiger partial charge is 0.260 e. The highest BCUT2D eigenvalue weighted by atomic mass is 16.5. The topological polar surface area (TPSA) is 41.6 Å². The Labute approximate surface area is 127 Å². The van der Waals surface area contributed by atoms with E-state index in [2.05, 4.69) is 45.1 Å². The number of carbonyl (C=O) groups is 1. The molecule has 21 heavy (non-hydrogen) atoms. The Bertz CT molecular complexity index is 477. The molecule has 1 heterocycles. The number of nitrogens with one attached hydrogen (secondary N) is 1. The fraction of sp³-hybridized carbons (Fsp3) is 0.588. The maximum atomic E-state index is 12.1. The average Bonchev–Trinajstić information content (AvgIpc) is 2.44. The van der Waals surface area contributed by atoms with E-state index in [1.54, 1.807) is 0 Å². The van der Waals surface area contributed by atoms with Crippen LogP contribution < -0.4 is 10.1 Å². The highest BCUT2D eigenvalue weighted by molar-refractivity contribution is 5.78. The zero-order valence-electron chi connectivity index (χ0n) is 13.5. The van der Waals surface area contributed by atoms with E-state index in [1.807, 2.05) is 17.0 Å². The lowest BCUT2D eigenvalue weighted by Gasteiger charge is -2.31. The molecule has 2 rings (SSSR count). The molecule has 1 aromatic rings. The van der Waals surface area contributed by atoms with Crippen LogP contribution in [0.1, 0.15) is 33.3 Å². The zero-order valence-corrected chi connectivity index (χ0v) is 13.5. The fourth-order valence-corrected chi connectivity index (χ4v) is 2.45. The summed E-state index contributed by atoms with van der Waals surface area (Å²) in [6.45, 7) is 11.1. The van der Waals surface area contributed by atoms with Crippen LogP contribution in [0.3, 0.4) is 0 Å². The van der Waals surface area contributed by atoms with Crippen molar-refractivity contribution >= 4 is 5.91 Å². The summed E-state index contributed by atoms with van der Waals surface area (Å²) >= 11 is 0. The Morgan fingerprint density at radius 3 is 2.57 bits per heavy atom. The van der Waals surface area contributed by atoms with E-state index >= 15 is 0 Å². The molecule has 4 nitrogen and oxygen atoms in total. The lowest BCUT2D eigenvalue weighted by molar-refractivity contribution is -0.134. The monoisotopic (exact) mass is 290 g/mol.